The number of nitrogens with one attached hydrogen (secondary N) is 1. The standard InChI is InChI=1S/C22H27N5O2S/c1-24(2)16-21(28)26-11-9-25(10-12-26)20-8-7-18-6-5-17(15-27(18)20)22(29)23-14-19-4-3-13-30-19/h3-8,13,15H,9-12,14,16H2,1-2H3,(H,23,29). The van der Waals surface area contributed by atoms with E-state index in [2.05, 4.69) is 26.8 Å². The predicted octanol–water partition coefficient (Wildman–Crippen LogP) is 2.14. The number of hydrogen-bond acceptors (Lipinski definition) is 5. The lowest BCUT2D eigenvalue weighted by molar-refractivity contribution is -0.132. The van der Waals surface area contributed by atoms with Gasteiger partial charge in [0, 0.05) is 42.8 Å². The fraction of sp³-hybridized carbons (Fsp3) is 0.364. The molecule has 0 aromatic carbocycles. The maximum atomic E-state index is 12.6. The molecule has 8 heteroatoms. The Labute approximate surface area is 180 Å². The van der Waals surface area contributed by atoms with Gasteiger partial charge in [-0.25, -0.2) is 0 Å². The topological polar surface area (TPSA) is 60.3 Å². The number of likely N-dealkylation sites (N-methyl/N-ethyl adjacent to an activating group) is 1. The second-order valence-electron chi connectivity index (χ2n) is 7.77. The van der Waals surface area contributed by atoms with E-state index in [1.54, 1.807) is 11.3 Å². The smallest absolute Gasteiger partial charge is 0.253 e. The van der Waals surface area contributed by atoms with Crippen LogP contribution < -0.4 is 10.2 Å². The summed E-state index contributed by atoms with van der Waals surface area (Å²) in [5.41, 5.74) is 1.68. The van der Waals surface area contributed by atoms with E-state index in [0.717, 1.165) is 29.3 Å². The van der Waals surface area contributed by atoms with E-state index in [1.807, 2.05) is 59.7 Å². The Hall–Kier alpha value is -2.84. The summed E-state index contributed by atoms with van der Waals surface area (Å²) >= 11 is 1.63. The van der Waals surface area contributed by atoms with Gasteiger partial charge >= 0.3 is 0 Å². The van der Waals surface area contributed by atoms with Crippen LogP contribution in [0.5, 0.6) is 0 Å². The normalized spacial score (nSPS) is 14.5. The summed E-state index contributed by atoms with van der Waals surface area (Å²) < 4.78 is 2.07. The molecule has 0 saturated carbocycles. The molecule has 0 aliphatic carbocycles. The number of nitrogens with zero attached hydrogens (tertiary/aromatic N) is 4. The Morgan fingerprint density at radius 3 is 2.53 bits per heavy atom. The Morgan fingerprint density at radius 1 is 1.07 bits per heavy atom. The number of amides is 2. The molecule has 4 heterocycles. The van der Waals surface area contributed by atoms with Gasteiger partial charge in [0.05, 0.1) is 18.7 Å². The number of aromatic nitrogens is 1. The first kappa shape index (κ1) is 20.4. The van der Waals surface area contributed by atoms with Crippen molar-refractivity contribution in [2.24, 2.45) is 0 Å². The number of carbonyl (C=O) groups excluding carboxylic acids is 2. The Kier molecular flexibility index (Phi) is 6.06. The molecule has 1 saturated heterocycles. The van der Waals surface area contributed by atoms with Crippen molar-refractivity contribution in [1.29, 1.82) is 0 Å². The fourth-order valence-corrected chi connectivity index (χ4v) is 4.36. The summed E-state index contributed by atoms with van der Waals surface area (Å²) in [6.45, 7) is 3.95. The fourth-order valence-electron chi connectivity index (χ4n) is 3.72. The van der Waals surface area contributed by atoms with E-state index in [4.69, 9.17) is 0 Å². The maximum absolute atomic E-state index is 12.6. The number of hydrogen-bond donors (Lipinski definition) is 1. The Balaban J connectivity index is 1.44. The molecule has 1 aliphatic rings. The van der Waals surface area contributed by atoms with E-state index in [9.17, 15) is 9.59 Å². The zero-order chi connectivity index (χ0) is 21.1. The molecular weight excluding hydrogens is 398 g/mol. The average molecular weight is 426 g/mol. The molecule has 0 spiro atoms. The van der Waals surface area contributed by atoms with Crippen molar-refractivity contribution in [3.05, 3.63) is 58.4 Å². The van der Waals surface area contributed by atoms with Gasteiger partial charge in [-0.3, -0.25) is 9.59 Å². The number of piperazine rings is 1. The lowest BCUT2D eigenvalue weighted by atomic mass is 10.2. The molecule has 0 atom stereocenters. The van der Waals surface area contributed by atoms with Crippen molar-refractivity contribution in [3.8, 4) is 0 Å². The van der Waals surface area contributed by atoms with Crippen molar-refractivity contribution in [2.45, 2.75) is 6.54 Å². The third-order valence-corrected chi connectivity index (χ3v) is 6.18. The van der Waals surface area contributed by atoms with Gasteiger partial charge in [-0.05, 0) is 49.8 Å². The first-order valence-electron chi connectivity index (χ1n) is 10.1. The van der Waals surface area contributed by atoms with Gasteiger partial charge in [0.1, 0.15) is 5.82 Å². The highest BCUT2D eigenvalue weighted by Gasteiger charge is 2.23. The van der Waals surface area contributed by atoms with Crippen LogP contribution in [0.4, 0.5) is 5.82 Å². The third kappa shape index (κ3) is 4.49. The van der Waals surface area contributed by atoms with Crippen molar-refractivity contribution in [2.75, 3.05) is 51.7 Å². The summed E-state index contributed by atoms with van der Waals surface area (Å²) in [6, 6.07) is 12.0. The van der Waals surface area contributed by atoms with Crippen molar-refractivity contribution < 1.29 is 9.59 Å². The SMILES string of the molecule is CN(C)CC(=O)N1CCN(c2ccc3ccc(C(=O)NCc4cccs4)cn23)CC1. The van der Waals surface area contributed by atoms with E-state index in [1.165, 1.54) is 0 Å². The third-order valence-electron chi connectivity index (χ3n) is 5.30. The lowest BCUT2D eigenvalue weighted by Gasteiger charge is -2.36. The van der Waals surface area contributed by atoms with Crippen molar-refractivity contribution >= 4 is 34.5 Å². The molecule has 0 unspecified atom stereocenters. The predicted molar refractivity (Wildman–Crippen MR) is 120 cm³/mol. The molecule has 0 radical (unpaired) electrons. The summed E-state index contributed by atoms with van der Waals surface area (Å²) in [5.74, 6) is 1.14. The molecule has 7 nitrogen and oxygen atoms in total. The molecule has 158 valence electrons. The molecule has 4 rings (SSSR count). The minimum atomic E-state index is -0.0796. The molecule has 3 aromatic rings. The van der Waals surface area contributed by atoms with Crippen LogP contribution in [-0.4, -0.2) is 72.8 Å². The summed E-state index contributed by atoms with van der Waals surface area (Å²) in [6.07, 6.45) is 1.90. The van der Waals surface area contributed by atoms with Crippen LogP contribution in [-0.2, 0) is 11.3 Å². The number of pyridine rings is 1. The van der Waals surface area contributed by atoms with Crippen LogP contribution in [0.1, 0.15) is 15.2 Å². The summed E-state index contributed by atoms with van der Waals surface area (Å²) in [5, 5.41) is 4.99. The zero-order valence-electron chi connectivity index (χ0n) is 17.4. The Bertz CT molecular complexity index is 1020. The maximum Gasteiger partial charge on any atom is 0.253 e. The van der Waals surface area contributed by atoms with Crippen LogP contribution in [0.3, 0.4) is 0 Å². The largest absolute Gasteiger partial charge is 0.354 e. The molecule has 30 heavy (non-hydrogen) atoms. The van der Waals surface area contributed by atoms with Crippen molar-refractivity contribution in [3.63, 3.8) is 0 Å². The second kappa shape index (κ2) is 8.89. The highest BCUT2D eigenvalue weighted by molar-refractivity contribution is 7.09. The van der Waals surface area contributed by atoms with E-state index < -0.39 is 0 Å². The number of thiophene rings is 1. The molecular formula is C22H27N5O2S. The highest BCUT2D eigenvalue weighted by Crippen LogP contribution is 2.22. The van der Waals surface area contributed by atoms with Gasteiger partial charge in [0.15, 0.2) is 0 Å². The van der Waals surface area contributed by atoms with Gasteiger partial charge in [-0.1, -0.05) is 6.07 Å². The average Bonchev–Trinajstić information content (AvgIpc) is 3.41. The minimum absolute atomic E-state index is 0.0796. The van der Waals surface area contributed by atoms with Gasteiger partial charge < -0.3 is 24.4 Å². The monoisotopic (exact) mass is 425 g/mol. The quantitative estimate of drug-likeness (QED) is 0.657. The van der Waals surface area contributed by atoms with E-state index >= 15 is 0 Å². The first-order valence-corrected chi connectivity index (χ1v) is 11.0. The molecule has 0 bridgehead atoms. The molecule has 2 amide bonds. The number of carbonyl (C=O) groups is 2. The van der Waals surface area contributed by atoms with Crippen LogP contribution in [0.2, 0.25) is 0 Å². The lowest BCUT2D eigenvalue weighted by Crippen LogP contribution is -2.51. The second-order valence-corrected chi connectivity index (χ2v) is 8.80. The number of anilines is 1. The van der Waals surface area contributed by atoms with E-state index in [-0.39, 0.29) is 11.8 Å². The van der Waals surface area contributed by atoms with Gasteiger partial charge in [0.25, 0.3) is 5.91 Å². The van der Waals surface area contributed by atoms with E-state index in [0.29, 0.717) is 31.7 Å². The van der Waals surface area contributed by atoms with Crippen LogP contribution >= 0.6 is 11.3 Å². The molecule has 1 aliphatic heterocycles. The van der Waals surface area contributed by atoms with Gasteiger partial charge in [-0.15, -0.1) is 11.3 Å². The van der Waals surface area contributed by atoms with Crippen LogP contribution in [0.25, 0.3) is 5.52 Å². The van der Waals surface area contributed by atoms with Crippen LogP contribution in [0.15, 0.2) is 48.0 Å². The zero-order valence-corrected chi connectivity index (χ0v) is 18.2. The van der Waals surface area contributed by atoms with Gasteiger partial charge in [0.2, 0.25) is 5.91 Å². The number of fused-ring (bicyclic) bond motifs is 1. The van der Waals surface area contributed by atoms with Gasteiger partial charge in [-0.2, -0.15) is 0 Å². The van der Waals surface area contributed by atoms with Crippen LogP contribution in [0, 0.1) is 0 Å². The summed E-state index contributed by atoms with van der Waals surface area (Å²) in [7, 11) is 3.82. The van der Waals surface area contributed by atoms with Crippen molar-refractivity contribution in [1.82, 2.24) is 19.5 Å². The minimum Gasteiger partial charge on any atom is -0.354 e. The highest BCUT2D eigenvalue weighted by atomic mass is 32.1. The Morgan fingerprint density at radius 2 is 1.83 bits per heavy atom. The molecule has 1 fully saturated rings. The number of rotatable bonds is 6. The molecule has 3 aromatic heterocycles. The summed E-state index contributed by atoms with van der Waals surface area (Å²) in [4.78, 5) is 32.2. The first-order chi connectivity index (χ1) is 14.5. The molecule has 1 N–H and O–H groups in total.